The van der Waals surface area contributed by atoms with Crippen LogP contribution in [0.2, 0.25) is 0 Å². The van der Waals surface area contributed by atoms with E-state index in [1.807, 2.05) is 13.8 Å². The summed E-state index contributed by atoms with van der Waals surface area (Å²) >= 11 is 0. The van der Waals surface area contributed by atoms with Gasteiger partial charge in [-0.2, -0.15) is 4.98 Å². The Balaban J connectivity index is 2.43. The molecule has 20 heavy (non-hydrogen) atoms. The highest BCUT2D eigenvalue weighted by Gasteiger charge is 2.10. The summed E-state index contributed by atoms with van der Waals surface area (Å²) in [5.74, 6) is 7.52. The Bertz CT molecular complexity index is 396. The first kappa shape index (κ1) is 16.7. The van der Waals surface area contributed by atoms with E-state index in [4.69, 9.17) is 10.6 Å². The van der Waals surface area contributed by atoms with Crippen LogP contribution >= 0.6 is 0 Å². The topological polar surface area (TPSA) is 73.1 Å². The maximum Gasteiger partial charge on any atom is 0.221 e. The molecule has 0 aliphatic carbocycles. The van der Waals surface area contributed by atoms with Gasteiger partial charge in [-0.1, -0.05) is 46.0 Å². The van der Waals surface area contributed by atoms with Crippen LogP contribution < -0.4 is 16.0 Å². The number of nitrogen functional groups attached to an aromatic ring is 1. The van der Waals surface area contributed by atoms with Crippen molar-refractivity contribution in [2.75, 3.05) is 12.0 Å². The Morgan fingerprint density at radius 2 is 1.75 bits per heavy atom. The lowest BCUT2D eigenvalue weighted by Crippen LogP contribution is -2.14. The first-order valence-electron chi connectivity index (χ1n) is 7.69. The van der Waals surface area contributed by atoms with Crippen LogP contribution in [0.1, 0.15) is 63.8 Å². The largest absolute Gasteiger partial charge is 0.477 e. The average Bonchev–Trinajstić information content (AvgIpc) is 2.47. The molecule has 1 rings (SSSR count). The van der Waals surface area contributed by atoms with Gasteiger partial charge in [0.05, 0.1) is 12.2 Å². The fraction of sp³-hybridized carbons (Fsp3) is 0.733. The van der Waals surface area contributed by atoms with Gasteiger partial charge < -0.3 is 10.2 Å². The third-order valence-electron chi connectivity index (χ3n) is 3.34. The number of aromatic nitrogens is 2. The summed E-state index contributed by atoms with van der Waals surface area (Å²) in [5.41, 5.74) is 3.48. The quantitative estimate of drug-likeness (QED) is 0.390. The van der Waals surface area contributed by atoms with Gasteiger partial charge in [0.2, 0.25) is 5.88 Å². The molecule has 1 heterocycles. The summed E-state index contributed by atoms with van der Waals surface area (Å²) in [6.45, 7) is 6.88. The molecule has 0 aromatic carbocycles. The third-order valence-corrected chi connectivity index (χ3v) is 3.34. The number of aryl methyl sites for hydroxylation is 1. The van der Waals surface area contributed by atoms with E-state index >= 15 is 0 Å². The summed E-state index contributed by atoms with van der Waals surface area (Å²) in [7, 11) is 0. The van der Waals surface area contributed by atoms with Crippen molar-refractivity contribution in [2.45, 2.75) is 65.7 Å². The van der Waals surface area contributed by atoms with Crippen molar-refractivity contribution in [2.24, 2.45) is 5.84 Å². The Labute approximate surface area is 122 Å². The number of rotatable bonds is 10. The van der Waals surface area contributed by atoms with Crippen LogP contribution in [0.4, 0.5) is 5.82 Å². The standard InChI is InChI=1S/C15H28N4O/c1-4-6-7-8-9-10-11-20-15-12(3)14(19-16)17-13(5-2)18-15/h4-11,16H2,1-3H3,(H,17,18,19). The number of hydrogen-bond donors (Lipinski definition) is 2. The molecule has 0 aliphatic heterocycles. The molecule has 114 valence electrons. The lowest BCUT2D eigenvalue weighted by Gasteiger charge is -2.12. The van der Waals surface area contributed by atoms with Crippen LogP contribution in [0.3, 0.4) is 0 Å². The number of hydrazine groups is 1. The highest BCUT2D eigenvalue weighted by molar-refractivity contribution is 5.47. The molecule has 3 N–H and O–H groups in total. The maximum atomic E-state index is 5.78. The van der Waals surface area contributed by atoms with Crippen LogP contribution in [0, 0.1) is 6.92 Å². The molecule has 5 heteroatoms. The number of hydrogen-bond acceptors (Lipinski definition) is 5. The maximum absolute atomic E-state index is 5.78. The predicted octanol–water partition coefficient (Wildman–Crippen LogP) is 3.37. The van der Waals surface area contributed by atoms with Crippen molar-refractivity contribution in [1.29, 1.82) is 0 Å². The number of ether oxygens (including phenoxy) is 1. The van der Waals surface area contributed by atoms with Gasteiger partial charge in [0.25, 0.3) is 0 Å². The summed E-state index contributed by atoms with van der Waals surface area (Å²) < 4.78 is 5.78. The van der Waals surface area contributed by atoms with Gasteiger partial charge in [0.1, 0.15) is 11.6 Å². The third kappa shape index (κ3) is 5.33. The molecule has 0 bridgehead atoms. The zero-order valence-corrected chi connectivity index (χ0v) is 13.0. The van der Waals surface area contributed by atoms with E-state index in [0.717, 1.165) is 24.2 Å². The van der Waals surface area contributed by atoms with E-state index in [1.54, 1.807) is 0 Å². The lowest BCUT2D eigenvalue weighted by molar-refractivity contribution is 0.290. The van der Waals surface area contributed by atoms with E-state index in [2.05, 4.69) is 22.3 Å². The Kier molecular flexibility index (Phi) is 7.95. The molecule has 0 radical (unpaired) electrons. The van der Waals surface area contributed by atoms with Crippen LogP contribution in [0.25, 0.3) is 0 Å². The highest BCUT2D eigenvalue weighted by Crippen LogP contribution is 2.21. The van der Waals surface area contributed by atoms with E-state index in [-0.39, 0.29) is 0 Å². The van der Waals surface area contributed by atoms with Crippen LogP contribution in [-0.4, -0.2) is 16.6 Å². The molecular weight excluding hydrogens is 252 g/mol. The molecule has 0 spiro atoms. The van der Waals surface area contributed by atoms with E-state index in [9.17, 15) is 0 Å². The second kappa shape index (κ2) is 9.53. The molecule has 0 saturated heterocycles. The molecule has 5 nitrogen and oxygen atoms in total. The minimum absolute atomic E-state index is 0.648. The molecule has 0 amide bonds. The zero-order valence-electron chi connectivity index (χ0n) is 13.0. The zero-order chi connectivity index (χ0) is 14.8. The summed E-state index contributed by atoms with van der Waals surface area (Å²) in [5, 5.41) is 0. The lowest BCUT2D eigenvalue weighted by atomic mass is 10.1. The van der Waals surface area contributed by atoms with Gasteiger partial charge in [-0.05, 0) is 13.3 Å². The van der Waals surface area contributed by atoms with Gasteiger partial charge >= 0.3 is 0 Å². The molecule has 1 aromatic rings. The Hall–Kier alpha value is -1.36. The predicted molar refractivity (Wildman–Crippen MR) is 82.8 cm³/mol. The van der Waals surface area contributed by atoms with Crippen molar-refractivity contribution < 1.29 is 4.74 Å². The van der Waals surface area contributed by atoms with Crippen molar-refractivity contribution in [1.82, 2.24) is 9.97 Å². The number of nitrogens with two attached hydrogens (primary N) is 1. The number of anilines is 1. The van der Waals surface area contributed by atoms with Crippen molar-refractivity contribution in [3.05, 3.63) is 11.4 Å². The SMILES string of the molecule is CCCCCCCCOc1nc(CC)nc(NN)c1C. The van der Waals surface area contributed by atoms with Gasteiger partial charge in [-0.3, -0.25) is 0 Å². The van der Waals surface area contributed by atoms with E-state index in [0.29, 0.717) is 18.3 Å². The minimum atomic E-state index is 0.648. The van der Waals surface area contributed by atoms with E-state index in [1.165, 1.54) is 32.1 Å². The molecule has 0 saturated carbocycles. The molecule has 0 unspecified atom stereocenters. The number of unbranched alkanes of at least 4 members (excludes halogenated alkanes) is 5. The fourth-order valence-corrected chi connectivity index (χ4v) is 2.03. The molecule has 0 fully saturated rings. The Morgan fingerprint density at radius 1 is 1.05 bits per heavy atom. The smallest absolute Gasteiger partial charge is 0.221 e. The monoisotopic (exact) mass is 280 g/mol. The van der Waals surface area contributed by atoms with Crippen molar-refractivity contribution in [3.63, 3.8) is 0 Å². The number of nitrogens with zero attached hydrogens (tertiary/aromatic N) is 2. The molecular formula is C15H28N4O. The first-order valence-corrected chi connectivity index (χ1v) is 7.69. The summed E-state index contributed by atoms with van der Waals surface area (Å²) in [4.78, 5) is 8.74. The van der Waals surface area contributed by atoms with Gasteiger partial charge in [0.15, 0.2) is 0 Å². The van der Waals surface area contributed by atoms with Crippen LogP contribution in [-0.2, 0) is 6.42 Å². The summed E-state index contributed by atoms with van der Waals surface area (Å²) in [6.07, 6.45) is 8.28. The minimum Gasteiger partial charge on any atom is -0.477 e. The van der Waals surface area contributed by atoms with Gasteiger partial charge in [-0.25, -0.2) is 10.8 Å². The molecule has 1 aromatic heterocycles. The molecule has 0 atom stereocenters. The number of nitrogens with one attached hydrogen (secondary N) is 1. The second-order valence-corrected chi connectivity index (χ2v) is 5.03. The summed E-state index contributed by atoms with van der Waals surface area (Å²) in [6, 6.07) is 0. The Morgan fingerprint density at radius 3 is 2.40 bits per heavy atom. The molecule has 0 aliphatic rings. The van der Waals surface area contributed by atoms with E-state index < -0.39 is 0 Å². The van der Waals surface area contributed by atoms with Gasteiger partial charge in [-0.15, -0.1) is 0 Å². The van der Waals surface area contributed by atoms with Gasteiger partial charge in [0, 0.05) is 6.42 Å². The van der Waals surface area contributed by atoms with Crippen molar-refractivity contribution in [3.8, 4) is 5.88 Å². The average molecular weight is 280 g/mol. The van der Waals surface area contributed by atoms with Crippen LogP contribution in [0.15, 0.2) is 0 Å². The van der Waals surface area contributed by atoms with Crippen molar-refractivity contribution >= 4 is 5.82 Å². The van der Waals surface area contributed by atoms with Crippen LogP contribution in [0.5, 0.6) is 5.88 Å². The first-order chi connectivity index (χ1) is 9.72. The normalized spacial score (nSPS) is 10.6. The highest BCUT2D eigenvalue weighted by atomic mass is 16.5. The second-order valence-electron chi connectivity index (χ2n) is 5.03. The fourth-order valence-electron chi connectivity index (χ4n) is 2.03.